The van der Waals surface area contributed by atoms with Gasteiger partial charge in [0.15, 0.2) is 0 Å². The lowest BCUT2D eigenvalue weighted by Gasteiger charge is -2.30. The van der Waals surface area contributed by atoms with Crippen molar-refractivity contribution >= 4 is 40.0 Å². The molecule has 5 nitrogen and oxygen atoms in total. The highest BCUT2D eigenvalue weighted by Gasteiger charge is 2.42. The van der Waals surface area contributed by atoms with Crippen LogP contribution in [0.4, 0.5) is 0 Å². The number of carbonyl (C=O) groups is 1. The summed E-state index contributed by atoms with van der Waals surface area (Å²) in [5.74, 6) is 0. The normalized spacial score (nSPS) is 24.4. The van der Waals surface area contributed by atoms with Crippen LogP contribution in [0.5, 0.6) is 0 Å². The Morgan fingerprint density at radius 2 is 0.980 bits per heavy atom. The minimum atomic E-state index is -1.06. The lowest BCUT2D eigenvalue weighted by Crippen LogP contribution is -2.44. The summed E-state index contributed by atoms with van der Waals surface area (Å²) in [6.45, 7) is 0. The van der Waals surface area contributed by atoms with Gasteiger partial charge in [-0.3, -0.25) is 0 Å². The van der Waals surface area contributed by atoms with Gasteiger partial charge in [-0.15, -0.1) is 0 Å². The molecule has 8 bridgehead atoms. The van der Waals surface area contributed by atoms with E-state index in [1.807, 2.05) is 66.7 Å². The minimum Gasteiger partial charge on any atom is -0.369 e. The molecule has 9 rings (SSSR count). The fourth-order valence-electron chi connectivity index (χ4n) is 7.42. The van der Waals surface area contributed by atoms with Crippen molar-refractivity contribution in [1.29, 1.82) is 0 Å². The number of aldehydes is 1. The van der Waals surface area contributed by atoms with E-state index in [0.717, 1.165) is 90.0 Å². The molecule has 0 radical (unpaired) electrons. The van der Waals surface area contributed by atoms with Crippen molar-refractivity contribution in [2.75, 3.05) is 0 Å². The molecule has 5 heteroatoms. The molecular formula is C45H32N4O. The van der Waals surface area contributed by atoms with Crippen molar-refractivity contribution in [3.05, 3.63) is 214 Å². The summed E-state index contributed by atoms with van der Waals surface area (Å²) >= 11 is 0. The molecule has 2 N–H and O–H groups in total. The summed E-state index contributed by atoms with van der Waals surface area (Å²) in [5, 5.41) is 5.63. The zero-order valence-electron chi connectivity index (χ0n) is 27.2. The van der Waals surface area contributed by atoms with Crippen LogP contribution < -0.4 is 16.0 Å². The van der Waals surface area contributed by atoms with Gasteiger partial charge in [0.05, 0.1) is 22.8 Å². The highest BCUT2D eigenvalue weighted by molar-refractivity contribution is 6.31. The first-order valence-corrected chi connectivity index (χ1v) is 16.8. The first kappa shape index (κ1) is 29.5. The Balaban J connectivity index is 1.41. The number of fused-ring (bicyclic) bond motifs is 6. The second kappa shape index (κ2) is 12.1. The zero-order chi connectivity index (χ0) is 33.5. The van der Waals surface area contributed by atoms with Gasteiger partial charge in [-0.05, 0) is 58.7 Å². The van der Waals surface area contributed by atoms with E-state index in [4.69, 9.17) is 9.98 Å². The van der Waals surface area contributed by atoms with Crippen molar-refractivity contribution in [3.8, 4) is 0 Å². The Labute approximate surface area is 290 Å². The van der Waals surface area contributed by atoms with Gasteiger partial charge in [0.25, 0.3) is 0 Å². The summed E-state index contributed by atoms with van der Waals surface area (Å²) in [4.78, 5) is 28.0. The SMILES string of the molecule is O=CC12CC=C(N1)/C(c1ccccc1)=C1/C=CC(=N1)/C(c1ccccc1)=c1/cc/c([nH]1)=C(\c1ccccc1)C1=N/C(=C\2c2ccccc2)C=C1. The summed E-state index contributed by atoms with van der Waals surface area (Å²) in [6, 6.07) is 45.4. The van der Waals surface area contributed by atoms with E-state index in [2.05, 4.69) is 107 Å². The second-order valence-electron chi connectivity index (χ2n) is 12.7. The molecule has 0 fully saturated rings. The second-order valence-corrected chi connectivity index (χ2v) is 12.7. The lowest BCUT2D eigenvalue weighted by molar-refractivity contribution is -0.111. The molecule has 0 spiro atoms. The average Bonchev–Trinajstić information content (AvgIpc) is 4.01. The van der Waals surface area contributed by atoms with Gasteiger partial charge in [0, 0.05) is 45.1 Å². The predicted molar refractivity (Wildman–Crippen MR) is 202 cm³/mol. The quantitative estimate of drug-likeness (QED) is 0.201. The van der Waals surface area contributed by atoms with Crippen LogP contribution in [-0.4, -0.2) is 28.2 Å². The number of aromatic nitrogens is 1. The standard InChI is InChI=1S/C45H32N4O/c50-29-45-28-27-39(49-45)43(32-17-9-3-10-18-32)38-24-23-35(47-38)41(30-13-5-1-6-14-30)34-21-22-36(46-34)42(31-15-7-2-8-16-31)37-25-26-40(48-37)44(45)33-19-11-4-12-20-33/h1-27,29,46,49H,28H2/b41-34-,42-36-,43-38-,44-40-. The maximum absolute atomic E-state index is 13.5. The lowest BCUT2D eigenvalue weighted by atomic mass is 9.83. The first-order chi connectivity index (χ1) is 24.7. The number of hydrogen-bond acceptors (Lipinski definition) is 4. The van der Waals surface area contributed by atoms with Crippen LogP contribution in [0.3, 0.4) is 0 Å². The number of carbonyl (C=O) groups excluding carboxylic acids is 1. The maximum atomic E-state index is 13.5. The number of allylic oxidation sites excluding steroid dienone is 5. The molecule has 5 aromatic rings. The first-order valence-electron chi connectivity index (χ1n) is 16.8. The fourth-order valence-corrected chi connectivity index (χ4v) is 7.42. The number of H-pyrrole nitrogens is 1. The van der Waals surface area contributed by atoms with Crippen LogP contribution in [0.2, 0.25) is 0 Å². The van der Waals surface area contributed by atoms with E-state index in [9.17, 15) is 4.79 Å². The molecule has 1 unspecified atom stereocenters. The Morgan fingerprint density at radius 3 is 1.50 bits per heavy atom. The van der Waals surface area contributed by atoms with E-state index < -0.39 is 5.54 Å². The number of nitrogens with one attached hydrogen (secondary N) is 2. The number of rotatable bonds is 5. The topological polar surface area (TPSA) is 69.6 Å². The Morgan fingerprint density at radius 1 is 0.520 bits per heavy atom. The van der Waals surface area contributed by atoms with Crippen molar-refractivity contribution in [3.63, 3.8) is 0 Å². The average molecular weight is 645 g/mol. The summed E-state index contributed by atoms with van der Waals surface area (Å²) < 4.78 is 0. The monoisotopic (exact) mass is 644 g/mol. The zero-order valence-corrected chi connectivity index (χ0v) is 27.2. The number of aromatic amines is 1. The van der Waals surface area contributed by atoms with Gasteiger partial charge in [-0.1, -0.05) is 127 Å². The molecule has 0 saturated heterocycles. The number of nitrogens with zero attached hydrogens (tertiary/aromatic N) is 2. The Hall–Kier alpha value is -6.59. The third-order valence-corrected chi connectivity index (χ3v) is 9.68. The molecule has 5 heterocycles. The van der Waals surface area contributed by atoms with E-state index in [-0.39, 0.29) is 0 Å². The van der Waals surface area contributed by atoms with E-state index in [0.29, 0.717) is 6.42 Å². The minimum absolute atomic E-state index is 0.457. The van der Waals surface area contributed by atoms with Gasteiger partial charge in [-0.2, -0.15) is 0 Å². The largest absolute Gasteiger partial charge is 0.369 e. The molecule has 4 aliphatic heterocycles. The molecule has 0 aliphatic carbocycles. The van der Waals surface area contributed by atoms with Crippen molar-refractivity contribution in [2.45, 2.75) is 12.0 Å². The fraction of sp³-hybridized carbons (Fsp3) is 0.0444. The molecule has 50 heavy (non-hydrogen) atoms. The number of hydrogen-bond donors (Lipinski definition) is 2. The van der Waals surface area contributed by atoms with Crippen LogP contribution in [-0.2, 0) is 4.79 Å². The van der Waals surface area contributed by atoms with Gasteiger partial charge >= 0.3 is 0 Å². The van der Waals surface area contributed by atoms with Gasteiger partial charge < -0.3 is 15.1 Å². The van der Waals surface area contributed by atoms with Crippen molar-refractivity contribution < 1.29 is 4.79 Å². The molecular weight excluding hydrogens is 613 g/mol. The van der Waals surface area contributed by atoms with Crippen LogP contribution in [0, 0.1) is 0 Å². The van der Waals surface area contributed by atoms with Crippen LogP contribution >= 0.6 is 0 Å². The number of benzene rings is 4. The smallest absolute Gasteiger partial charge is 0.150 e. The maximum Gasteiger partial charge on any atom is 0.150 e. The van der Waals surface area contributed by atoms with E-state index >= 15 is 0 Å². The van der Waals surface area contributed by atoms with Gasteiger partial charge in [0.1, 0.15) is 11.8 Å². The molecule has 4 aromatic carbocycles. The van der Waals surface area contributed by atoms with Crippen LogP contribution in [0.25, 0.3) is 22.3 Å². The summed E-state index contributed by atoms with van der Waals surface area (Å²) in [5.41, 5.74) is 10.8. The molecule has 1 atom stereocenters. The van der Waals surface area contributed by atoms with Crippen LogP contribution in [0.15, 0.2) is 191 Å². The van der Waals surface area contributed by atoms with E-state index in [1.54, 1.807) is 0 Å². The summed E-state index contributed by atoms with van der Waals surface area (Å²) in [6.07, 6.45) is 11.9. The highest BCUT2D eigenvalue weighted by atomic mass is 16.1. The van der Waals surface area contributed by atoms with Gasteiger partial charge in [0.2, 0.25) is 0 Å². The number of aliphatic imine (C=N–C) groups is 2. The summed E-state index contributed by atoms with van der Waals surface area (Å²) in [7, 11) is 0. The highest BCUT2D eigenvalue weighted by Crippen LogP contribution is 2.42. The molecule has 0 saturated carbocycles. The third-order valence-electron chi connectivity index (χ3n) is 9.68. The molecule has 0 amide bonds. The third kappa shape index (κ3) is 4.99. The predicted octanol–water partition coefficient (Wildman–Crippen LogP) is 7.09. The molecule has 238 valence electrons. The van der Waals surface area contributed by atoms with Crippen molar-refractivity contribution in [1.82, 2.24) is 10.3 Å². The van der Waals surface area contributed by atoms with Crippen molar-refractivity contribution in [2.24, 2.45) is 9.98 Å². The van der Waals surface area contributed by atoms with E-state index in [1.165, 1.54) is 0 Å². The molecule has 1 aromatic heterocycles. The molecule has 4 aliphatic rings. The van der Waals surface area contributed by atoms with Crippen LogP contribution in [0.1, 0.15) is 28.7 Å². The Bertz CT molecular complexity index is 2510. The van der Waals surface area contributed by atoms with Gasteiger partial charge in [-0.25, -0.2) is 9.98 Å². The Kier molecular flexibility index (Phi) is 7.17.